The second-order valence-electron chi connectivity index (χ2n) is 7.19. The summed E-state index contributed by atoms with van der Waals surface area (Å²) >= 11 is 7.75. The highest BCUT2D eigenvalue weighted by atomic mass is 127. The third kappa shape index (κ3) is 6.93. The summed E-state index contributed by atoms with van der Waals surface area (Å²) in [7, 11) is 1.84. The highest BCUT2D eigenvalue weighted by molar-refractivity contribution is 14.0. The molecule has 158 valence electrons. The summed E-state index contributed by atoms with van der Waals surface area (Å²) in [5, 5.41) is 7.80. The van der Waals surface area contributed by atoms with Crippen LogP contribution in [0.1, 0.15) is 25.7 Å². The maximum Gasteiger partial charge on any atom is 0.191 e. The van der Waals surface area contributed by atoms with Gasteiger partial charge in [0.25, 0.3) is 0 Å². The summed E-state index contributed by atoms with van der Waals surface area (Å²) in [6, 6.07) is 7.99. The Balaban J connectivity index is 0.00000280. The molecule has 8 heteroatoms. The number of hydrogen-bond acceptors (Lipinski definition) is 4. The van der Waals surface area contributed by atoms with Crippen molar-refractivity contribution in [3.8, 4) is 0 Å². The van der Waals surface area contributed by atoms with E-state index in [1.165, 1.54) is 30.8 Å². The van der Waals surface area contributed by atoms with Gasteiger partial charge in [0, 0.05) is 54.6 Å². The number of hydrogen-bond donors (Lipinski definition) is 2. The molecule has 1 aromatic rings. The van der Waals surface area contributed by atoms with E-state index in [0.717, 1.165) is 55.9 Å². The van der Waals surface area contributed by atoms with Crippen LogP contribution in [0.5, 0.6) is 0 Å². The van der Waals surface area contributed by atoms with Crippen molar-refractivity contribution >= 4 is 53.3 Å². The summed E-state index contributed by atoms with van der Waals surface area (Å²) in [5.74, 6) is 1.87. The number of nitrogens with one attached hydrogen (secondary N) is 2. The zero-order chi connectivity index (χ0) is 19.0. The van der Waals surface area contributed by atoms with E-state index in [0.29, 0.717) is 0 Å². The van der Waals surface area contributed by atoms with Crippen molar-refractivity contribution in [2.24, 2.45) is 4.99 Å². The topological polar surface area (TPSA) is 48.9 Å². The molecule has 0 unspecified atom stereocenters. The van der Waals surface area contributed by atoms with E-state index in [1.807, 2.05) is 30.9 Å². The van der Waals surface area contributed by atoms with E-state index in [2.05, 4.69) is 32.7 Å². The van der Waals surface area contributed by atoms with E-state index < -0.39 is 0 Å². The van der Waals surface area contributed by atoms with Crippen LogP contribution < -0.4 is 10.6 Å². The van der Waals surface area contributed by atoms with Gasteiger partial charge in [-0.25, -0.2) is 0 Å². The molecular weight excluding hydrogens is 507 g/mol. The summed E-state index contributed by atoms with van der Waals surface area (Å²) in [4.78, 5) is 8.31. The molecule has 5 nitrogen and oxygen atoms in total. The molecule has 3 rings (SSSR count). The summed E-state index contributed by atoms with van der Waals surface area (Å²) in [6.07, 6.45) is 4.84. The number of aliphatic imine (C=N–C) groups is 1. The molecule has 2 saturated heterocycles. The first kappa shape index (κ1) is 24.1. The van der Waals surface area contributed by atoms with Gasteiger partial charge >= 0.3 is 0 Å². The zero-order valence-corrected chi connectivity index (χ0v) is 20.5. The van der Waals surface area contributed by atoms with Crippen LogP contribution in [0, 0.1) is 0 Å². The van der Waals surface area contributed by atoms with Crippen molar-refractivity contribution in [2.45, 2.75) is 36.1 Å². The SMILES string of the molecule is CN=C(NCCSc1ccc(Cl)cc1)NCC1(N2CCCC2)CCOCC1.I. The molecule has 0 saturated carbocycles. The van der Waals surface area contributed by atoms with Crippen LogP contribution in [0.15, 0.2) is 34.2 Å². The van der Waals surface area contributed by atoms with Crippen LogP contribution in [0.4, 0.5) is 0 Å². The van der Waals surface area contributed by atoms with E-state index in [1.54, 1.807) is 0 Å². The van der Waals surface area contributed by atoms with E-state index >= 15 is 0 Å². The molecule has 2 aliphatic heterocycles. The number of likely N-dealkylation sites (tertiary alicyclic amines) is 1. The molecule has 0 bridgehead atoms. The van der Waals surface area contributed by atoms with Gasteiger partial charge in [-0.1, -0.05) is 11.6 Å². The zero-order valence-electron chi connectivity index (χ0n) is 16.6. The largest absolute Gasteiger partial charge is 0.381 e. The van der Waals surface area contributed by atoms with Crippen molar-refractivity contribution in [3.05, 3.63) is 29.3 Å². The molecule has 0 aliphatic carbocycles. The van der Waals surface area contributed by atoms with Crippen molar-refractivity contribution in [1.82, 2.24) is 15.5 Å². The predicted octanol–water partition coefficient (Wildman–Crippen LogP) is 3.86. The number of halogens is 2. The summed E-state index contributed by atoms with van der Waals surface area (Å²) < 4.78 is 5.63. The summed E-state index contributed by atoms with van der Waals surface area (Å²) in [6.45, 7) is 5.95. The molecule has 0 spiro atoms. The van der Waals surface area contributed by atoms with Crippen LogP contribution in [0.2, 0.25) is 5.02 Å². The number of rotatable bonds is 7. The molecule has 28 heavy (non-hydrogen) atoms. The second-order valence-corrected chi connectivity index (χ2v) is 8.79. The van der Waals surface area contributed by atoms with Crippen LogP contribution in [0.3, 0.4) is 0 Å². The molecule has 2 fully saturated rings. The smallest absolute Gasteiger partial charge is 0.191 e. The van der Waals surface area contributed by atoms with E-state index in [-0.39, 0.29) is 29.5 Å². The average molecular weight is 539 g/mol. The van der Waals surface area contributed by atoms with Gasteiger partial charge in [0.1, 0.15) is 0 Å². The Morgan fingerprint density at radius 1 is 1.18 bits per heavy atom. The first-order chi connectivity index (χ1) is 13.2. The molecule has 0 amide bonds. The van der Waals surface area contributed by atoms with Gasteiger partial charge in [0.15, 0.2) is 5.96 Å². The third-order valence-electron chi connectivity index (χ3n) is 5.49. The fourth-order valence-corrected chi connectivity index (χ4v) is 4.78. The Bertz CT molecular complexity index is 605. The third-order valence-corrected chi connectivity index (χ3v) is 6.75. The fourth-order valence-electron chi connectivity index (χ4n) is 3.89. The predicted molar refractivity (Wildman–Crippen MR) is 131 cm³/mol. The lowest BCUT2D eigenvalue weighted by atomic mass is 9.88. The molecule has 0 atom stereocenters. The van der Waals surface area contributed by atoms with Gasteiger partial charge < -0.3 is 15.4 Å². The maximum atomic E-state index is 5.93. The quantitative estimate of drug-likeness (QED) is 0.182. The Morgan fingerprint density at radius 3 is 2.50 bits per heavy atom. The number of guanidine groups is 1. The number of ether oxygens (including phenoxy) is 1. The molecular formula is C20H32ClIN4OS. The highest BCUT2D eigenvalue weighted by Gasteiger charge is 2.39. The molecule has 2 heterocycles. The Labute approximate surface area is 195 Å². The van der Waals surface area contributed by atoms with Crippen LogP contribution in [-0.4, -0.2) is 68.6 Å². The van der Waals surface area contributed by atoms with Gasteiger partial charge in [-0.2, -0.15) is 0 Å². The van der Waals surface area contributed by atoms with E-state index in [9.17, 15) is 0 Å². The first-order valence-corrected chi connectivity index (χ1v) is 11.2. The lowest BCUT2D eigenvalue weighted by Crippen LogP contribution is -2.58. The minimum atomic E-state index is 0. The lowest BCUT2D eigenvalue weighted by molar-refractivity contribution is -0.0164. The van der Waals surface area contributed by atoms with Crippen LogP contribution in [0.25, 0.3) is 0 Å². The molecule has 2 aliphatic rings. The van der Waals surface area contributed by atoms with Gasteiger partial charge in [0.05, 0.1) is 0 Å². The van der Waals surface area contributed by atoms with Crippen molar-refractivity contribution in [1.29, 1.82) is 0 Å². The van der Waals surface area contributed by atoms with Crippen LogP contribution >= 0.6 is 47.3 Å². The number of benzene rings is 1. The van der Waals surface area contributed by atoms with Gasteiger partial charge in [-0.3, -0.25) is 9.89 Å². The lowest BCUT2D eigenvalue weighted by Gasteiger charge is -2.45. The van der Waals surface area contributed by atoms with Gasteiger partial charge in [0.2, 0.25) is 0 Å². The van der Waals surface area contributed by atoms with Gasteiger partial charge in [-0.15, -0.1) is 35.7 Å². The average Bonchev–Trinajstić information content (AvgIpc) is 3.25. The van der Waals surface area contributed by atoms with Crippen LogP contribution in [-0.2, 0) is 4.74 Å². The second kappa shape index (κ2) is 12.5. The molecule has 0 aromatic heterocycles. The minimum absolute atomic E-state index is 0. The van der Waals surface area contributed by atoms with Gasteiger partial charge in [-0.05, 0) is 63.0 Å². The Morgan fingerprint density at radius 2 is 1.86 bits per heavy atom. The normalized spacial score (nSPS) is 19.9. The monoisotopic (exact) mass is 538 g/mol. The van der Waals surface area contributed by atoms with Crippen molar-refractivity contribution in [2.75, 3.05) is 52.2 Å². The first-order valence-electron chi connectivity index (χ1n) is 9.88. The van der Waals surface area contributed by atoms with E-state index in [4.69, 9.17) is 16.3 Å². The minimum Gasteiger partial charge on any atom is -0.381 e. The standard InChI is InChI=1S/C20H31ClN4OS.HI/c1-22-19(23-10-15-27-18-6-4-17(21)5-7-18)24-16-20(8-13-26-14-9-20)25-11-2-3-12-25;/h4-7H,2-3,8-16H2,1H3,(H2,22,23,24);1H. The Hall–Kier alpha value is -0.220. The fraction of sp³-hybridized carbons (Fsp3) is 0.650. The maximum absolute atomic E-state index is 5.93. The molecule has 0 radical (unpaired) electrons. The number of thioether (sulfide) groups is 1. The summed E-state index contributed by atoms with van der Waals surface area (Å²) in [5.41, 5.74) is 0.213. The van der Waals surface area contributed by atoms with Crippen molar-refractivity contribution < 1.29 is 4.74 Å². The van der Waals surface area contributed by atoms with Crippen molar-refractivity contribution in [3.63, 3.8) is 0 Å². The highest BCUT2D eigenvalue weighted by Crippen LogP contribution is 2.30. The molecule has 2 N–H and O–H groups in total. The Kier molecular flexibility index (Phi) is 10.7. The number of nitrogens with zero attached hydrogens (tertiary/aromatic N) is 2. The molecule has 1 aromatic carbocycles.